The number of hydrogen-bond acceptors (Lipinski definition) is 4. The molecule has 3 aliphatic rings. The lowest BCUT2D eigenvalue weighted by Crippen LogP contribution is -2.56. The fourth-order valence-electron chi connectivity index (χ4n) is 3.78. The summed E-state index contributed by atoms with van der Waals surface area (Å²) in [5.74, 6) is 0.702. The molecule has 0 aromatic rings. The number of carbonyl (C=O) groups excluding carboxylic acids is 3. The van der Waals surface area contributed by atoms with Crippen LogP contribution < -0.4 is 10.6 Å². The SMILES string of the molecule is CN(CC1CC1)C(=O)CN1CCC(C)(NC(=O)[C@H]2CCCC(=O)N2)C1. The van der Waals surface area contributed by atoms with Crippen LogP contribution in [0.2, 0.25) is 0 Å². The Hall–Kier alpha value is -1.63. The number of nitrogens with one attached hydrogen (secondary N) is 2. The average molecular weight is 350 g/mol. The van der Waals surface area contributed by atoms with Crippen LogP contribution in [0.15, 0.2) is 0 Å². The molecule has 3 rings (SSSR count). The summed E-state index contributed by atoms with van der Waals surface area (Å²) in [6.45, 7) is 4.77. The smallest absolute Gasteiger partial charge is 0.243 e. The minimum Gasteiger partial charge on any atom is -0.348 e. The number of piperidine rings is 1. The van der Waals surface area contributed by atoms with Crippen molar-refractivity contribution < 1.29 is 14.4 Å². The first-order chi connectivity index (χ1) is 11.8. The highest BCUT2D eigenvalue weighted by atomic mass is 16.2. The van der Waals surface area contributed by atoms with Gasteiger partial charge in [-0.2, -0.15) is 0 Å². The molecule has 2 heterocycles. The van der Waals surface area contributed by atoms with Crippen molar-refractivity contribution in [2.24, 2.45) is 5.92 Å². The fraction of sp³-hybridized carbons (Fsp3) is 0.833. The molecule has 1 aliphatic carbocycles. The normalized spacial score (nSPS) is 30.0. The minimum atomic E-state index is -0.418. The Bertz CT molecular complexity index is 548. The Kier molecular flexibility index (Phi) is 5.32. The molecule has 1 unspecified atom stereocenters. The molecule has 0 aromatic carbocycles. The van der Waals surface area contributed by atoms with Gasteiger partial charge in [0, 0.05) is 33.1 Å². The fourth-order valence-corrected chi connectivity index (χ4v) is 3.78. The topological polar surface area (TPSA) is 81.8 Å². The van der Waals surface area contributed by atoms with Gasteiger partial charge in [-0.25, -0.2) is 0 Å². The van der Waals surface area contributed by atoms with Gasteiger partial charge in [0.05, 0.1) is 12.1 Å². The predicted octanol–water partition coefficient (Wildman–Crippen LogP) is 0.104. The van der Waals surface area contributed by atoms with E-state index < -0.39 is 6.04 Å². The summed E-state index contributed by atoms with van der Waals surface area (Å²) in [7, 11) is 1.88. The van der Waals surface area contributed by atoms with Crippen molar-refractivity contribution in [3.63, 3.8) is 0 Å². The van der Waals surface area contributed by atoms with Gasteiger partial charge in [-0.3, -0.25) is 19.3 Å². The average Bonchev–Trinajstić information content (AvgIpc) is 3.29. The molecule has 0 radical (unpaired) electrons. The number of likely N-dealkylation sites (N-methyl/N-ethyl adjacent to an activating group) is 1. The molecule has 3 amide bonds. The summed E-state index contributed by atoms with van der Waals surface area (Å²) in [5, 5.41) is 5.86. The maximum Gasteiger partial charge on any atom is 0.243 e. The quantitative estimate of drug-likeness (QED) is 0.712. The molecule has 0 spiro atoms. The highest BCUT2D eigenvalue weighted by Gasteiger charge is 2.38. The van der Waals surface area contributed by atoms with Crippen LogP contribution in [-0.4, -0.2) is 72.3 Å². The first kappa shape index (κ1) is 18.2. The lowest BCUT2D eigenvalue weighted by Gasteiger charge is -2.30. The highest BCUT2D eigenvalue weighted by Crippen LogP contribution is 2.29. The third-order valence-corrected chi connectivity index (χ3v) is 5.54. The van der Waals surface area contributed by atoms with Gasteiger partial charge in [-0.1, -0.05) is 0 Å². The number of rotatable bonds is 6. The van der Waals surface area contributed by atoms with E-state index in [2.05, 4.69) is 15.5 Å². The van der Waals surface area contributed by atoms with Gasteiger partial charge in [0.25, 0.3) is 0 Å². The second-order valence-corrected chi connectivity index (χ2v) is 8.24. The molecule has 2 N–H and O–H groups in total. The van der Waals surface area contributed by atoms with E-state index in [-0.39, 0.29) is 23.3 Å². The second-order valence-electron chi connectivity index (χ2n) is 8.24. The molecule has 2 atom stereocenters. The van der Waals surface area contributed by atoms with E-state index in [0.717, 1.165) is 25.9 Å². The molecule has 25 heavy (non-hydrogen) atoms. The largest absolute Gasteiger partial charge is 0.348 e. The molecule has 140 valence electrons. The number of hydrogen-bond donors (Lipinski definition) is 2. The van der Waals surface area contributed by atoms with Gasteiger partial charge < -0.3 is 15.5 Å². The van der Waals surface area contributed by atoms with Crippen LogP contribution >= 0.6 is 0 Å². The number of amides is 3. The molecule has 2 aliphatic heterocycles. The monoisotopic (exact) mass is 350 g/mol. The first-order valence-electron chi connectivity index (χ1n) is 9.42. The first-order valence-corrected chi connectivity index (χ1v) is 9.42. The van der Waals surface area contributed by atoms with Crippen LogP contribution in [0.5, 0.6) is 0 Å². The van der Waals surface area contributed by atoms with Crippen molar-refractivity contribution in [1.29, 1.82) is 0 Å². The van der Waals surface area contributed by atoms with E-state index >= 15 is 0 Å². The van der Waals surface area contributed by atoms with Crippen LogP contribution in [0.3, 0.4) is 0 Å². The van der Waals surface area contributed by atoms with Gasteiger partial charge in [-0.15, -0.1) is 0 Å². The molecule has 7 nitrogen and oxygen atoms in total. The maximum atomic E-state index is 12.5. The lowest BCUT2D eigenvalue weighted by molar-refractivity contribution is -0.132. The summed E-state index contributed by atoms with van der Waals surface area (Å²) < 4.78 is 0. The Balaban J connectivity index is 1.46. The van der Waals surface area contributed by atoms with Gasteiger partial charge in [-0.05, 0) is 44.9 Å². The Morgan fingerprint density at radius 3 is 2.80 bits per heavy atom. The zero-order valence-electron chi connectivity index (χ0n) is 15.3. The van der Waals surface area contributed by atoms with Crippen molar-refractivity contribution in [1.82, 2.24) is 20.4 Å². The summed E-state index contributed by atoms with van der Waals surface area (Å²) >= 11 is 0. The molecule has 3 fully saturated rings. The number of carbonyl (C=O) groups is 3. The third-order valence-electron chi connectivity index (χ3n) is 5.54. The number of likely N-dealkylation sites (tertiary alicyclic amines) is 1. The van der Waals surface area contributed by atoms with Crippen LogP contribution in [0.1, 0.15) is 45.4 Å². The van der Waals surface area contributed by atoms with Crippen molar-refractivity contribution in [3.8, 4) is 0 Å². The summed E-state index contributed by atoms with van der Waals surface area (Å²) in [6, 6.07) is -0.418. The molecular formula is C18H30N4O3. The Morgan fingerprint density at radius 2 is 2.12 bits per heavy atom. The zero-order chi connectivity index (χ0) is 18.0. The molecule has 7 heteroatoms. The molecule has 0 aromatic heterocycles. The summed E-state index contributed by atoms with van der Waals surface area (Å²) in [5.41, 5.74) is -0.339. The van der Waals surface area contributed by atoms with E-state index in [1.165, 1.54) is 12.8 Å². The molecule has 0 bridgehead atoms. The van der Waals surface area contributed by atoms with Gasteiger partial charge in [0.15, 0.2) is 0 Å². The Morgan fingerprint density at radius 1 is 1.36 bits per heavy atom. The standard InChI is InChI=1S/C18H30N4O3/c1-18(20-17(25)14-4-3-5-15(23)19-14)8-9-22(12-18)11-16(24)21(2)10-13-6-7-13/h13-14H,3-12H2,1-2H3,(H,19,23)(H,20,25)/t14-,18?/m1/s1. The van der Waals surface area contributed by atoms with Gasteiger partial charge in [0.2, 0.25) is 17.7 Å². The van der Waals surface area contributed by atoms with Crippen LogP contribution in [0, 0.1) is 5.92 Å². The van der Waals surface area contributed by atoms with E-state index in [1.807, 2.05) is 18.9 Å². The molecule has 1 saturated carbocycles. The maximum absolute atomic E-state index is 12.5. The van der Waals surface area contributed by atoms with E-state index in [0.29, 0.717) is 31.8 Å². The van der Waals surface area contributed by atoms with Crippen molar-refractivity contribution >= 4 is 17.7 Å². The molecular weight excluding hydrogens is 320 g/mol. The summed E-state index contributed by atoms with van der Waals surface area (Å²) in [4.78, 5) is 40.2. The summed E-state index contributed by atoms with van der Waals surface area (Å²) in [6.07, 6.45) is 5.26. The zero-order valence-corrected chi connectivity index (χ0v) is 15.3. The van der Waals surface area contributed by atoms with Crippen LogP contribution in [-0.2, 0) is 14.4 Å². The van der Waals surface area contributed by atoms with E-state index in [9.17, 15) is 14.4 Å². The predicted molar refractivity (Wildman–Crippen MR) is 93.7 cm³/mol. The van der Waals surface area contributed by atoms with E-state index in [4.69, 9.17) is 0 Å². The third kappa shape index (κ3) is 4.93. The van der Waals surface area contributed by atoms with Gasteiger partial charge in [0.1, 0.15) is 6.04 Å². The van der Waals surface area contributed by atoms with Crippen LogP contribution in [0.4, 0.5) is 0 Å². The van der Waals surface area contributed by atoms with E-state index in [1.54, 1.807) is 0 Å². The minimum absolute atomic E-state index is 0.0473. The van der Waals surface area contributed by atoms with Crippen LogP contribution in [0.25, 0.3) is 0 Å². The van der Waals surface area contributed by atoms with Crippen molar-refractivity contribution in [3.05, 3.63) is 0 Å². The van der Waals surface area contributed by atoms with Gasteiger partial charge >= 0.3 is 0 Å². The second kappa shape index (κ2) is 7.32. The van der Waals surface area contributed by atoms with Crippen molar-refractivity contribution in [2.45, 2.75) is 57.0 Å². The van der Waals surface area contributed by atoms with Crippen molar-refractivity contribution in [2.75, 3.05) is 33.2 Å². The highest BCUT2D eigenvalue weighted by molar-refractivity contribution is 5.89. The molecule has 2 saturated heterocycles. The lowest BCUT2D eigenvalue weighted by atomic mass is 9.98. The Labute approximate surface area is 149 Å². The number of nitrogens with zero attached hydrogens (tertiary/aromatic N) is 2.